The summed E-state index contributed by atoms with van der Waals surface area (Å²) in [4.78, 5) is 3.05. The molecule has 45 heavy (non-hydrogen) atoms. The standard InChI is InChI=1S/C31H30B2N6O2.2C2H6/c1-20-15-22(17-28(30(20)40)38-34-24-7-3-4-8-25(24)35-38)11-13-32-19-33-14-12-23-16-21(2)31(41)29(18-23)39-36-26-9-5-6-10-27(26)37-39;2*1-2/h3-10,15-18,40-41H,11-14,19H2,1-2H3;2*1-2H3. The molecule has 8 nitrogen and oxygen atoms in total. The molecule has 0 amide bonds. The number of phenolic OH excluding ortho intramolecular Hbond substituents is 2. The van der Waals surface area contributed by atoms with Crippen LogP contribution in [0.3, 0.4) is 0 Å². The van der Waals surface area contributed by atoms with Gasteiger partial charge in [0.2, 0.25) is 0 Å². The quantitative estimate of drug-likeness (QED) is 0.124. The first-order chi connectivity index (χ1) is 22.0. The van der Waals surface area contributed by atoms with Crippen molar-refractivity contribution in [2.24, 2.45) is 0 Å². The number of rotatable bonds is 10. The first kappa shape index (κ1) is 33.3. The Morgan fingerprint density at radius 3 is 1.22 bits per heavy atom. The molecular weight excluding hydrogens is 558 g/mol. The van der Waals surface area contributed by atoms with Gasteiger partial charge >= 0.3 is 0 Å². The normalized spacial score (nSPS) is 10.6. The molecule has 10 heteroatoms. The van der Waals surface area contributed by atoms with Gasteiger partial charge in [-0.2, -0.15) is 0 Å². The number of hydrogen-bond donors (Lipinski definition) is 2. The third kappa shape index (κ3) is 7.93. The number of aromatic hydroxyl groups is 2. The molecule has 0 bridgehead atoms. The molecule has 2 radical (unpaired) electrons. The Hall–Kier alpha value is -4.59. The molecular formula is C35H42B2N6O2. The fourth-order valence-electron chi connectivity index (χ4n) is 5.09. The van der Waals surface area contributed by atoms with Gasteiger partial charge in [0.05, 0.1) is 0 Å². The van der Waals surface area contributed by atoms with Crippen molar-refractivity contribution in [1.29, 1.82) is 0 Å². The van der Waals surface area contributed by atoms with Crippen molar-refractivity contribution in [3.63, 3.8) is 0 Å². The highest BCUT2D eigenvalue weighted by Crippen LogP contribution is 2.29. The van der Waals surface area contributed by atoms with Crippen molar-refractivity contribution < 1.29 is 10.2 Å². The van der Waals surface area contributed by atoms with Crippen LogP contribution in [-0.4, -0.2) is 54.8 Å². The van der Waals surface area contributed by atoms with E-state index in [1.165, 1.54) is 9.59 Å². The van der Waals surface area contributed by atoms with Gasteiger partial charge in [-0.05, 0) is 85.3 Å². The van der Waals surface area contributed by atoms with Crippen LogP contribution in [0.4, 0.5) is 0 Å². The molecule has 0 saturated carbocycles. The first-order valence-electron chi connectivity index (χ1n) is 15.9. The van der Waals surface area contributed by atoms with Crippen LogP contribution in [0.1, 0.15) is 49.9 Å². The number of nitrogens with zero attached hydrogens (tertiary/aromatic N) is 6. The minimum atomic E-state index is 0.204. The van der Waals surface area contributed by atoms with Crippen LogP contribution in [-0.2, 0) is 12.8 Å². The van der Waals surface area contributed by atoms with Crippen LogP contribution in [0.5, 0.6) is 11.5 Å². The Kier molecular flexibility index (Phi) is 11.8. The van der Waals surface area contributed by atoms with Crippen molar-refractivity contribution in [1.82, 2.24) is 30.0 Å². The van der Waals surface area contributed by atoms with Crippen molar-refractivity contribution >= 4 is 36.6 Å². The van der Waals surface area contributed by atoms with Crippen molar-refractivity contribution in [3.8, 4) is 22.9 Å². The Morgan fingerprint density at radius 2 is 0.889 bits per heavy atom. The SMILES string of the molecule is CC.CC.Cc1cc(CC[B]C[B]CCc2cc(C)c(O)c(-n3nc4ccccc4n3)c2)cc(-n2nc3ccccc3n2)c1O. The van der Waals surface area contributed by atoms with Crippen molar-refractivity contribution in [3.05, 3.63) is 95.1 Å². The minimum absolute atomic E-state index is 0.204. The molecule has 230 valence electrons. The summed E-state index contributed by atoms with van der Waals surface area (Å²) < 4.78 is 0. The highest BCUT2D eigenvalue weighted by Gasteiger charge is 2.14. The van der Waals surface area contributed by atoms with E-state index in [2.05, 4.69) is 35.0 Å². The second-order valence-electron chi connectivity index (χ2n) is 10.4. The van der Waals surface area contributed by atoms with Crippen molar-refractivity contribution in [2.75, 3.05) is 0 Å². The number of benzene rings is 4. The van der Waals surface area contributed by atoms with Crippen LogP contribution in [0.15, 0.2) is 72.8 Å². The zero-order valence-electron chi connectivity index (χ0n) is 27.2. The van der Waals surface area contributed by atoms with Gasteiger partial charge in [0.1, 0.15) is 59.5 Å². The monoisotopic (exact) mass is 600 g/mol. The molecule has 6 rings (SSSR count). The van der Waals surface area contributed by atoms with E-state index in [1.54, 1.807) is 0 Å². The second-order valence-corrected chi connectivity index (χ2v) is 10.4. The smallest absolute Gasteiger partial charge is 0.146 e. The van der Waals surface area contributed by atoms with E-state index in [0.29, 0.717) is 11.4 Å². The second kappa shape index (κ2) is 15.9. The molecule has 2 N–H and O–H groups in total. The number of aromatic nitrogens is 6. The predicted octanol–water partition coefficient (Wildman–Crippen LogP) is 7.64. The van der Waals surface area contributed by atoms with Gasteiger partial charge in [0, 0.05) is 0 Å². The van der Waals surface area contributed by atoms with Gasteiger partial charge in [-0.15, -0.1) is 36.2 Å². The van der Waals surface area contributed by atoms with E-state index >= 15 is 0 Å². The zero-order valence-corrected chi connectivity index (χ0v) is 27.2. The van der Waals surface area contributed by atoms with E-state index in [-0.39, 0.29) is 11.5 Å². The molecule has 2 aromatic heterocycles. The molecule has 0 unspecified atom stereocenters. The first-order valence-corrected chi connectivity index (χ1v) is 15.9. The van der Waals surface area contributed by atoms with Gasteiger partial charge < -0.3 is 10.2 Å². The maximum Gasteiger partial charge on any atom is 0.146 e. The molecule has 0 saturated heterocycles. The molecule has 0 spiro atoms. The summed E-state index contributed by atoms with van der Waals surface area (Å²) in [5.41, 5.74) is 8.29. The Balaban J connectivity index is 0.00000111. The van der Waals surface area contributed by atoms with E-state index in [0.717, 1.165) is 76.0 Å². The maximum absolute atomic E-state index is 10.7. The molecule has 4 aromatic carbocycles. The van der Waals surface area contributed by atoms with E-state index < -0.39 is 0 Å². The summed E-state index contributed by atoms with van der Waals surface area (Å²) >= 11 is 0. The summed E-state index contributed by atoms with van der Waals surface area (Å²) in [6.45, 7) is 11.8. The van der Waals surface area contributed by atoms with Crippen LogP contribution < -0.4 is 0 Å². The fourth-order valence-corrected chi connectivity index (χ4v) is 5.09. The molecule has 2 heterocycles. The molecule has 0 aliphatic heterocycles. The largest absolute Gasteiger partial charge is 0.505 e. The molecule has 0 aliphatic rings. The Bertz CT molecular complexity index is 1650. The summed E-state index contributed by atoms with van der Waals surface area (Å²) in [6, 6.07) is 23.4. The highest BCUT2D eigenvalue weighted by molar-refractivity contribution is 6.55. The molecule has 6 aromatic rings. The van der Waals surface area contributed by atoms with Gasteiger partial charge in [-0.25, -0.2) is 0 Å². The van der Waals surface area contributed by atoms with Gasteiger partial charge in [-0.1, -0.05) is 76.7 Å². The third-order valence-electron chi connectivity index (χ3n) is 7.29. The van der Waals surface area contributed by atoms with E-state index in [1.807, 2.05) is 114 Å². The van der Waals surface area contributed by atoms with Crippen LogP contribution in [0.2, 0.25) is 18.9 Å². The van der Waals surface area contributed by atoms with Crippen molar-refractivity contribution in [2.45, 2.75) is 73.2 Å². The summed E-state index contributed by atoms with van der Waals surface area (Å²) in [7, 11) is 4.57. The average Bonchev–Trinajstić information content (AvgIpc) is 3.70. The Morgan fingerprint density at radius 1 is 0.556 bits per heavy atom. The Labute approximate surface area is 267 Å². The maximum atomic E-state index is 10.7. The number of hydrogen-bond acceptors (Lipinski definition) is 6. The van der Waals surface area contributed by atoms with Gasteiger partial charge in [0.15, 0.2) is 0 Å². The van der Waals surface area contributed by atoms with Crippen LogP contribution in [0, 0.1) is 13.8 Å². The predicted molar refractivity (Wildman–Crippen MR) is 187 cm³/mol. The number of fused-ring (bicyclic) bond motifs is 2. The minimum Gasteiger partial charge on any atom is -0.505 e. The fraction of sp³-hybridized carbons (Fsp3) is 0.314. The van der Waals surface area contributed by atoms with Gasteiger partial charge in [-0.3, -0.25) is 0 Å². The zero-order chi connectivity index (χ0) is 32.3. The van der Waals surface area contributed by atoms with E-state index in [9.17, 15) is 10.2 Å². The lowest BCUT2D eigenvalue weighted by Crippen LogP contribution is -2.04. The van der Waals surface area contributed by atoms with Gasteiger partial charge in [0.25, 0.3) is 0 Å². The average molecular weight is 600 g/mol. The highest BCUT2D eigenvalue weighted by atomic mass is 16.3. The molecule has 0 fully saturated rings. The summed E-state index contributed by atoms with van der Waals surface area (Å²) in [5, 5.41) is 39.5. The van der Waals surface area contributed by atoms with Crippen LogP contribution in [0.25, 0.3) is 33.4 Å². The molecule has 0 atom stereocenters. The lowest BCUT2D eigenvalue weighted by Gasteiger charge is -2.10. The van der Waals surface area contributed by atoms with E-state index in [4.69, 9.17) is 0 Å². The van der Waals surface area contributed by atoms with Crippen LogP contribution >= 0.6 is 0 Å². The lowest BCUT2D eigenvalue weighted by atomic mass is 9.51. The number of aryl methyl sites for hydroxylation is 4. The summed E-state index contributed by atoms with van der Waals surface area (Å²) in [6.07, 6.45) is 4.50. The third-order valence-corrected chi connectivity index (χ3v) is 7.29. The lowest BCUT2D eigenvalue weighted by molar-refractivity contribution is 0.463. The number of phenols is 2. The topological polar surface area (TPSA) is 102 Å². The molecule has 0 aliphatic carbocycles. The summed E-state index contributed by atoms with van der Waals surface area (Å²) in [5.74, 6) is 0.409.